The fourth-order valence-electron chi connectivity index (χ4n) is 3.73. The molecule has 0 bridgehead atoms. The summed E-state index contributed by atoms with van der Waals surface area (Å²) in [6.45, 7) is 10.8. The van der Waals surface area contributed by atoms with Crippen molar-refractivity contribution in [3.63, 3.8) is 0 Å². The second-order valence-corrected chi connectivity index (χ2v) is 8.38. The van der Waals surface area contributed by atoms with Crippen LogP contribution in [0.2, 0.25) is 0 Å². The molecule has 0 aliphatic heterocycles. The van der Waals surface area contributed by atoms with Crippen LogP contribution in [-0.2, 0) is 22.6 Å². The van der Waals surface area contributed by atoms with Crippen molar-refractivity contribution in [3.05, 3.63) is 59.4 Å². The van der Waals surface area contributed by atoms with E-state index in [1.807, 2.05) is 52.8 Å². The summed E-state index contributed by atoms with van der Waals surface area (Å²) >= 11 is 0. The zero-order valence-corrected chi connectivity index (χ0v) is 20.9. The van der Waals surface area contributed by atoms with E-state index in [0.29, 0.717) is 37.6 Å². The van der Waals surface area contributed by atoms with Crippen LogP contribution in [0.15, 0.2) is 42.5 Å². The van der Waals surface area contributed by atoms with Gasteiger partial charge in [0.05, 0.1) is 13.2 Å². The van der Waals surface area contributed by atoms with E-state index in [9.17, 15) is 14.0 Å². The topological polar surface area (TPSA) is 67.9 Å². The summed E-state index contributed by atoms with van der Waals surface area (Å²) in [4.78, 5) is 27.8. The van der Waals surface area contributed by atoms with E-state index in [0.717, 1.165) is 11.1 Å². The maximum absolute atomic E-state index is 13.4. The quantitative estimate of drug-likeness (QED) is 0.451. The third-order valence-electron chi connectivity index (χ3n) is 5.32. The van der Waals surface area contributed by atoms with Crippen molar-refractivity contribution in [2.24, 2.45) is 0 Å². The van der Waals surface area contributed by atoms with Gasteiger partial charge in [0, 0.05) is 19.0 Å². The molecule has 1 unspecified atom stereocenters. The van der Waals surface area contributed by atoms with Crippen molar-refractivity contribution in [2.45, 2.75) is 72.5 Å². The molecule has 0 saturated carbocycles. The summed E-state index contributed by atoms with van der Waals surface area (Å²) in [6.07, 6.45) is 1.20. The molecule has 34 heavy (non-hydrogen) atoms. The zero-order valence-electron chi connectivity index (χ0n) is 20.9. The van der Waals surface area contributed by atoms with Crippen LogP contribution >= 0.6 is 0 Å². The average molecular weight is 473 g/mol. The number of carbonyl (C=O) groups is 2. The van der Waals surface area contributed by atoms with Crippen molar-refractivity contribution < 1.29 is 23.5 Å². The third-order valence-corrected chi connectivity index (χ3v) is 5.32. The lowest BCUT2D eigenvalue weighted by Gasteiger charge is -2.31. The van der Waals surface area contributed by atoms with Gasteiger partial charge >= 0.3 is 0 Å². The molecule has 0 spiro atoms. The number of rotatable bonds is 13. The van der Waals surface area contributed by atoms with Crippen LogP contribution in [0.3, 0.4) is 0 Å². The molecule has 0 aliphatic carbocycles. The predicted octanol–water partition coefficient (Wildman–Crippen LogP) is 4.89. The monoisotopic (exact) mass is 472 g/mol. The highest BCUT2D eigenvalue weighted by Crippen LogP contribution is 2.29. The molecule has 0 radical (unpaired) electrons. The van der Waals surface area contributed by atoms with Crippen LogP contribution in [0.25, 0.3) is 0 Å². The first kappa shape index (κ1) is 27.2. The number of nitrogens with one attached hydrogen (secondary N) is 1. The highest BCUT2D eigenvalue weighted by Gasteiger charge is 2.28. The standard InChI is InChI=1S/C27H37FN2O4/c1-6-23(27(32)29-19(4)5)30(18-21-9-13-22(28)14-10-21)26(31)16-12-20-11-15-24(33-7-2)25(17-20)34-8-3/h9-11,13-15,17,19,23H,6-8,12,16,18H2,1-5H3,(H,29,32). The number of hydrogen-bond donors (Lipinski definition) is 1. The molecule has 2 rings (SSSR count). The van der Waals surface area contributed by atoms with Crippen molar-refractivity contribution in [2.75, 3.05) is 13.2 Å². The molecular formula is C27H37FN2O4. The van der Waals surface area contributed by atoms with Crippen LogP contribution in [0, 0.1) is 5.82 Å². The molecule has 1 N–H and O–H groups in total. The van der Waals surface area contributed by atoms with E-state index in [1.165, 1.54) is 12.1 Å². The van der Waals surface area contributed by atoms with Crippen LogP contribution < -0.4 is 14.8 Å². The number of amides is 2. The first-order chi connectivity index (χ1) is 16.3. The molecule has 1 atom stereocenters. The van der Waals surface area contributed by atoms with Crippen molar-refractivity contribution in [3.8, 4) is 11.5 Å². The fourth-order valence-corrected chi connectivity index (χ4v) is 3.73. The summed E-state index contributed by atoms with van der Waals surface area (Å²) in [6, 6.07) is 11.0. The molecule has 6 nitrogen and oxygen atoms in total. The number of ether oxygens (including phenoxy) is 2. The molecule has 0 aromatic heterocycles. The second kappa shape index (κ2) is 13.6. The van der Waals surface area contributed by atoms with Gasteiger partial charge in [-0.05, 0) is 75.9 Å². The van der Waals surface area contributed by atoms with Gasteiger partial charge in [0.2, 0.25) is 11.8 Å². The maximum Gasteiger partial charge on any atom is 0.243 e. The molecule has 7 heteroatoms. The summed E-state index contributed by atoms with van der Waals surface area (Å²) in [5.74, 6) is 0.662. The lowest BCUT2D eigenvalue weighted by Crippen LogP contribution is -2.50. The second-order valence-electron chi connectivity index (χ2n) is 8.38. The Balaban J connectivity index is 2.22. The van der Waals surface area contributed by atoms with Crippen molar-refractivity contribution in [1.82, 2.24) is 10.2 Å². The summed E-state index contributed by atoms with van der Waals surface area (Å²) in [5, 5.41) is 2.91. The van der Waals surface area contributed by atoms with Crippen LogP contribution in [0.1, 0.15) is 58.6 Å². The van der Waals surface area contributed by atoms with E-state index in [4.69, 9.17) is 9.47 Å². The third kappa shape index (κ3) is 8.04. The average Bonchev–Trinajstić information content (AvgIpc) is 2.80. The van der Waals surface area contributed by atoms with Crippen molar-refractivity contribution in [1.29, 1.82) is 0 Å². The van der Waals surface area contributed by atoms with E-state index in [2.05, 4.69) is 5.32 Å². The number of aryl methyl sites for hydroxylation is 1. The normalized spacial score (nSPS) is 11.7. The molecule has 0 fully saturated rings. The minimum atomic E-state index is -0.612. The summed E-state index contributed by atoms with van der Waals surface area (Å²) in [5.41, 5.74) is 1.71. The maximum atomic E-state index is 13.4. The van der Waals surface area contributed by atoms with E-state index < -0.39 is 6.04 Å². The van der Waals surface area contributed by atoms with Gasteiger partial charge in [-0.25, -0.2) is 4.39 Å². The van der Waals surface area contributed by atoms with Gasteiger partial charge in [-0.3, -0.25) is 9.59 Å². The molecule has 2 aromatic rings. The SMILES string of the molecule is CCOc1ccc(CCC(=O)N(Cc2ccc(F)cc2)C(CC)C(=O)NC(C)C)cc1OCC. The predicted molar refractivity (Wildman–Crippen MR) is 131 cm³/mol. The Morgan fingerprint density at radius 1 is 0.941 bits per heavy atom. The molecule has 2 aromatic carbocycles. The van der Waals surface area contributed by atoms with Gasteiger partial charge in [0.25, 0.3) is 0 Å². The Morgan fingerprint density at radius 3 is 2.15 bits per heavy atom. The highest BCUT2D eigenvalue weighted by atomic mass is 19.1. The Bertz CT molecular complexity index is 931. The van der Waals surface area contributed by atoms with Gasteiger partial charge in [0.15, 0.2) is 11.5 Å². The van der Waals surface area contributed by atoms with Gasteiger partial charge in [-0.2, -0.15) is 0 Å². The molecular weight excluding hydrogens is 435 g/mol. The number of carbonyl (C=O) groups excluding carboxylic acids is 2. The van der Waals surface area contributed by atoms with Crippen molar-refractivity contribution >= 4 is 11.8 Å². The smallest absolute Gasteiger partial charge is 0.243 e. The van der Waals surface area contributed by atoms with Gasteiger partial charge in [0.1, 0.15) is 11.9 Å². The molecule has 0 heterocycles. The van der Waals surface area contributed by atoms with Crippen LogP contribution in [-0.4, -0.2) is 42.0 Å². The fraction of sp³-hybridized carbons (Fsp3) is 0.481. The molecule has 186 valence electrons. The largest absolute Gasteiger partial charge is 0.490 e. The number of nitrogens with zero attached hydrogens (tertiary/aromatic N) is 1. The number of hydrogen-bond acceptors (Lipinski definition) is 4. The highest BCUT2D eigenvalue weighted by molar-refractivity contribution is 5.87. The van der Waals surface area contributed by atoms with Gasteiger partial charge in [-0.15, -0.1) is 0 Å². The number of benzene rings is 2. The zero-order chi connectivity index (χ0) is 25.1. The lowest BCUT2D eigenvalue weighted by atomic mass is 10.1. The van der Waals surface area contributed by atoms with E-state index in [1.54, 1.807) is 17.0 Å². The lowest BCUT2D eigenvalue weighted by molar-refractivity contribution is -0.141. The number of halogens is 1. The van der Waals surface area contributed by atoms with E-state index >= 15 is 0 Å². The Labute approximate surface area is 202 Å². The van der Waals surface area contributed by atoms with Gasteiger partial charge < -0.3 is 19.7 Å². The van der Waals surface area contributed by atoms with Crippen LogP contribution in [0.5, 0.6) is 11.5 Å². The Morgan fingerprint density at radius 2 is 1.56 bits per heavy atom. The molecule has 2 amide bonds. The summed E-state index contributed by atoms with van der Waals surface area (Å²) in [7, 11) is 0. The minimum Gasteiger partial charge on any atom is -0.490 e. The molecule has 0 saturated heterocycles. The van der Waals surface area contributed by atoms with Gasteiger partial charge in [-0.1, -0.05) is 25.1 Å². The van der Waals surface area contributed by atoms with Crippen LogP contribution in [0.4, 0.5) is 4.39 Å². The summed E-state index contributed by atoms with van der Waals surface area (Å²) < 4.78 is 24.7. The Hall–Kier alpha value is -3.09. The molecule has 0 aliphatic rings. The van der Waals surface area contributed by atoms with E-state index in [-0.39, 0.29) is 36.6 Å². The minimum absolute atomic E-state index is 0.0369. The first-order valence-corrected chi connectivity index (χ1v) is 12.0. The first-order valence-electron chi connectivity index (χ1n) is 12.0. The Kier molecular flexibility index (Phi) is 10.8.